The molecule has 2 aromatic rings. The number of fused-ring (bicyclic) bond motifs is 1. The van der Waals surface area contributed by atoms with E-state index in [0.29, 0.717) is 18.4 Å². The van der Waals surface area contributed by atoms with Crippen LogP contribution in [0.1, 0.15) is 17.5 Å². The lowest BCUT2D eigenvalue weighted by molar-refractivity contribution is -0.140. The van der Waals surface area contributed by atoms with Crippen molar-refractivity contribution < 1.29 is 4.79 Å². The van der Waals surface area contributed by atoms with E-state index in [1.807, 2.05) is 23.2 Å². The Kier molecular flexibility index (Phi) is 4.14. The number of amides is 1. The van der Waals surface area contributed by atoms with Crippen molar-refractivity contribution in [3.63, 3.8) is 0 Å². The average molecular weight is 327 g/mol. The standard InChI is InChI=1S/C18H21N3OS/c22-18-17-12-20(9-15-4-7-23-13-15)11-16(17)3-6-21(18)10-14-2-1-5-19-8-14/h1-2,4-5,7-8,13,16-17H,3,6,9-12H2/t16-,17-/m0/s1. The van der Waals surface area contributed by atoms with E-state index in [0.717, 1.165) is 38.2 Å². The summed E-state index contributed by atoms with van der Waals surface area (Å²) in [5, 5.41) is 4.33. The molecule has 0 saturated carbocycles. The van der Waals surface area contributed by atoms with Crippen LogP contribution >= 0.6 is 11.3 Å². The lowest BCUT2D eigenvalue weighted by Crippen LogP contribution is -2.44. The van der Waals surface area contributed by atoms with Crippen molar-refractivity contribution in [2.75, 3.05) is 19.6 Å². The van der Waals surface area contributed by atoms with Gasteiger partial charge in [0.1, 0.15) is 0 Å². The first-order chi connectivity index (χ1) is 11.3. The molecule has 4 nitrogen and oxygen atoms in total. The first-order valence-electron chi connectivity index (χ1n) is 8.21. The number of carbonyl (C=O) groups excluding carboxylic acids is 1. The third-order valence-electron chi connectivity index (χ3n) is 5.00. The molecule has 0 aromatic carbocycles. The van der Waals surface area contributed by atoms with Gasteiger partial charge in [-0.2, -0.15) is 11.3 Å². The van der Waals surface area contributed by atoms with Gasteiger partial charge in [-0.25, -0.2) is 0 Å². The van der Waals surface area contributed by atoms with Crippen molar-refractivity contribution in [3.8, 4) is 0 Å². The zero-order valence-corrected chi connectivity index (χ0v) is 13.9. The normalized spacial score (nSPS) is 24.9. The molecule has 0 spiro atoms. The predicted molar refractivity (Wildman–Crippen MR) is 90.8 cm³/mol. The molecule has 0 radical (unpaired) electrons. The molecule has 0 unspecified atom stereocenters. The maximum Gasteiger partial charge on any atom is 0.227 e. The quantitative estimate of drug-likeness (QED) is 0.866. The number of carbonyl (C=O) groups is 1. The van der Waals surface area contributed by atoms with Gasteiger partial charge in [0.05, 0.1) is 5.92 Å². The lowest BCUT2D eigenvalue weighted by Gasteiger charge is -2.33. The number of pyridine rings is 1. The van der Waals surface area contributed by atoms with E-state index in [2.05, 4.69) is 26.7 Å². The number of rotatable bonds is 4. The zero-order valence-electron chi connectivity index (χ0n) is 13.1. The summed E-state index contributed by atoms with van der Waals surface area (Å²) >= 11 is 1.74. The monoisotopic (exact) mass is 327 g/mol. The Hall–Kier alpha value is -1.72. The van der Waals surface area contributed by atoms with Crippen LogP contribution in [0.3, 0.4) is 0 Å². The molecule has 0 bridgehead atoms. The highest BCUT2D eigenvalue weighted by molar-refractivity contribution is 7.07. The lowest BCUT2D eigenvalue weighted by atomic mass is 9.88. The van der Waals surface area contributed by atoms with E-state index < -0.39 is 0 Å². The van der Waals surface area contributed by atoms with Gasteiger partial charge in [0.15, 0.2) is 0 Å². The summed E-state index contributed by atoms with van der Waals surface area (Å²) in [5.74, 6) is 1.04. The Morgan fingerprint density at radius 3 is 2.96 bits per heavy atom. The van der Waals surface area contributed by atoms with Gasteiger partial charge in [0.2, 0.25) is 5.91 Å². The molecule has 2 atom stereocenters. The minimum atomic E-state index is 0.180. The largest absolute Gasteiger partial charge is 0.338 e. The van der Waals surface area contributed by atoms with Crippen LogP contribution in [0, 0.1) is 11.8 Å². The minimum Gasteiger partial charge on any atom is -0.338 e. The molecular formula is C18H21N3OS. The maximum atomic E-state index is 12.8. The molecule has 2 aliphatic heterocycles. The van der Waals surface area contributed by atoms with Gasteiger partial charge in [-0.05, 0) is 46.4 Å². The Balaban J connectivity index is 1.40. The summed E-state index contributed by atoms with van der Waals surface area (Å²) in [4.78, 5) is 21.5. The summed E-state index contributed by atoms with van der Waals surface area (Å²) in [5.41, 5.74) is 2.49. The molecule has 0 N–H and O–H groups in total. The molecule has 4 heterocycles. The number of piperidine rings is 1. The van der Waals surface area contributed by atoms with Crippen LogP contribution in [0.2, 0.25) is 0 Å². The SMILES string of the molecule is O=C1[C@H]2CN(Cc3ccsc3)C[C@@H]2CCN1Cc1cccnc1. The third kappa shape index (κ3) is 3.16. The number of hydrogen-bond acceptors (Lipinski definition) is 4. The first kappa shape index (κ1) is 14.8. The van der Waals surface area contributed by atoms with Crippen molar-refractivity contribution in [2.45, 2.75) is 19.5 Å². The summed E-state index contributed by atoms with van der Waals surface area (Å²) in [7, 11) is 0. The molecule has 4 rings (SSSR count). The smallest absolute Gasteiger partial charge is 0.227 e. The summed E-state index contributed by atoms with van der Waals surface area (Å²) in [6, 6.07) is 6.16. The molecule has 120 valence electrons. The highest BCUT2D eigenvalue weighted by atomic mass is 32.1. The highest BCUT2D eigenvalue weighted by Gasteiger charge is 2.42. The number of hydrogen-bond donors (Lipinski definition) is 0. The van der Waals surface area contributed by atoms with Crippen molar-refractivity contribution in [1.29, 1.82) is 0 Å². The van der Waals surface area contributed by atoms with Crippen LogP contribution < -0.4 is 0 Å². The van der Waals surface area contributed by atoms with Gasteiger partial charge in [0, 0.05) is 45.1 Å². The zero-order chi connectivity index (χ0) is 15.6. The Bertz CT molecular complexity index is 658. The van der Waals surface area contributed by atoms with E-state index in [1.54, 1.807) is 17.5 Å². The Morgan fingerprint density at radius 1 is 1.22 bits per heavy atom. The van der Waals surface area contributed by atoms with E-state index in [1.165, 1.54) is 5.56 Å². The summed E-state index contributed by atoms with van der Waals surface area (Å²) in [6.45, 7) is 4.52. The maximum absolute atomic E-state index is 12.8. The molecule has 2 aliphatic rings. The van der Waals surface area contributed by atoms with Gasteiger partial charge in [-0.3, -0.25) is 14.7 Å². The van der Waals surface area contributed by atoms with Crippen molar-refractivity contribution in [1.82, 2.24) is 14.8 Å². The van der Waals surface area contributed by atoms with Gasteiger partial charge < -0.3 is 4.90 Å². The fraction of sp³-hybridized carbons (Fsp3) is 0.444. The molecule has 0 aliphatic carbocycles. The second-order valence-corrected chi connectivity index (χ2v) is 7.38. The summed E-state index contributed by atoms with van der Waals surface area (Å²) < 4.78 is 0. The second-order valence-electron chi connectivity index (χ2n) is 6.60. The van der Waals surface area contributed by atoms with E-state index in [9.17, 15) is 4.79 Å². The number of likely N-dealkylation sites (tertiary alicyclic amines) is 2. The summed E-state index contributed by atoms with van der Waals surface area (Å²) in [6.07, 6.45) is 4.75. The molecule has 1 amide bonds. The molecule has 2 fully saturated rings. The topological polar surface area (TPSA) is 36.4 Å². The number of nitrogens with zero attached hydrogens (tertiary/aromatic N) is 3. The third-order valence-corrected chi connectivity index (χ3v) is 5.73. The van der Waals surface area contributed by atoms with E-state index in [4.69, 9.17) is 0 Å². The number of aromatic nitrogens is 1. The molecule has 2 aromatic heterocycles. The van der Waals surface area contributed by atoms with Crippen molar-refractivity contribution in [2.24, 2.45) is 11.8 Å². The van der Waals surface area contributed by atoms with Crippen LogP contribution in [0.5, 0.6) is 0 Å². The molecule has 23 heavy (non-hydrogen) atoms. The first-order valence-corrected chi connectivity index (χ1v) is 9.15. The highest BCUT2D eigenvalue weighted by Crippen LogP contribution is 2.33. The van der Waals surface area contributed by atoms with Gasteiger partial charge in [-0.15, -0.1) is 0 Å². The molecular weight excluding hydrogens is 306 g/mol. The minimum absolute atomic E-state index is 0.180. The van der Waals surface area contributed by atoms with Crippen LogP contribution in [0.25, 0.3) is 0 Å². The van der Waals surface area contributed by atoms with Gasteiger partial charge >= 0.3 is 0 Å². The Morgan fingerprint density at radius 2 is 2.17 bits per heavy atom. The average Bonchev–Trinajstić information content (AvgIpc) is 3.21. The van der Waals surface area contributed by atoms with Crippen LogP contribution in [-0.4, -0.2) is 40.3 Å². The van der Waals surface area contributed by atoms with Gasteiger partial charge in [-0.1, -0.05) is 6.07 Å². The van der Waals surface area contributed by atoms with Gasteiger partial charge in [0.25, 0.3) is 0 Å². The van der Waals surface area contributed by atoms with Crippen LogP contribution in [0.15, 0.2) is 41.4 Å². The van der Waals surface area contributed by atoms with Crippen LogP contribution in [0.4, 0.5) is 0 Å². The van der Waals surface area contributed by atoms with Crippen molar-refractivity contribution in [3.05, 3.63) is 52.5 Å². The van der Waals surface area contributed by atoms with Crippen molar-refractivity contribution >= 4 is 17.2 Å². The molecule has 5 heteroatoms. The fourth-order valence-electron chi connectivity index (χ4n) is 3.84. The van der Waals surface area contributed by atoms with E-state index >= 15 is 0 Å². The van der Waals surface area contributed by atoms with Crippen LogP contribution in [-0.2, 0) is 17.9 Å². The molecule has 2 saturated heterocycles. The predicted octanol–water partition coefficient (Wildman–Crippen LogP) is 2.62. The number of thiophene rings is 1. The second kappa shape index (κ2) is 6.42. The Labute approximate surface area is 140 Å². The fourth-order valence-corrected chi connectivity index (χ4v) is 4.50. The van der Waals surface area contributed by atoms with E-state index in [-0.39, 0.29) is 5.92 Å².